The van der Waals surface area contributed by atoms with Gasteiger partial charge in [0.2, 0.25) is 5.91 Å². The Hall–Kier alpha value is -5.67. The maximum Gasteiger partial charge on any atom is 0.294 e. The lowest BCUT2D eigenvalue weighted by atomic mass is 10.1. The molecule has 2 aromatic heterocycles. The number of hydrogen-bond donors (Lipinski definition) is 6. The second-order valence-electron chi connectivity index (χ2n) is 14.0. The van der Waals surface area contributed by atoms with E-state index in [-0.39, 0.29) is 24.8 Å². The number of anilines is 1. The Kier molecular flexibility index (Phi) is 23.6. The number of benzene rings is 1. The van der Waals surface area contributed by atoms with Crippen molar-refractivity contribution in [1.29, 1.82) is 0 Å². The predicted octanol–water partition coefficient (Wildman–Crippen LogP) is 1.31. The van der Waals surface area contributed by atoms with Gasteiger partial charge in [0.15, 0.2) is 35.2 Å². The molecule has 4 rings (SSSR count). The van der Waals surface area contributed by atoms with Crippen LogP contribution >= 0.6 is 0 Å². The number of hydrazone groups is 1. The minimum Gasteiger partial charge on any atom is -0.449 e. The molecule has 1 saturated heterocycles. The molecule has 0 aliphatic carbocycles. The molecule has 64 heavy (non-hydrogen) atoms. The van der Waals surface area contributed by atoms with E-state index in [0.717, 1.165) is 0 Å². The third kappa shape index (κ3) is 17.8. The second kappa shape index (κ2) is 29.6. The number of azide groups is 1. The molecule has 0 spiro atoms. The molecule has 0 radical (unpaired) electrons. The number of aliphatic hydroxyl groups is 2. The molecule has 1 fully saturated rings. The van der Waals surface area contributed by atoms with Crippen molar-refractivity contribution in [2.75, 3.05) is 81.9 Å². The number of carbonyl (C=O) groups excluding carboxylic acids is 3. The van der Waals surface area contributed by atoms with Crippen molar-refractivity contribution in [2.24, 2.45) is 15.9 Å². The zero-order valence-corrected chi connectivity index (χ0v) is 36.4. The number of imidazole rings is 1. The zero-order chi connectivity index (χ0) is 45.8. The van der Waals surface area contributed by atoms with E-state index in [1.165, 1.54) is 18.9 Å². The molecule has 1 aliphatic heterocycles. The first-order valence-electron chi connectivity index (χ1n) is 20.7. The van der Waals surface area contributed by atoms with Crippen LogP contribution < -0.4 is 21.8 Å². The standard InChI is InChI=1S/C41H56N12O10S/c1-2-14-44-38-35-39(47-27-46-38)53(28-48-35)41-37(57)36(56)32(63-41)26-64(24-13-33(42)62-29-54)23-7-5-3-4-6-8-34(55)51-50-25-30-9-11-31(12-10-30)40(58)45-15-17-59-19-21-61-22-20-60-18-16-49-52-43/h2,9-12,25,27-29,32-33,36-37,41,56-57H,1,3-4,6,8,13-24,26,42H2,(H2-,44,45,46,47,51,55,58)/p+1/t32-,33?,36?,37+,41-,64?/m1/s1. The van der Waals surface area contributed by atoms with E-state index < -0.39 is 41.7 Å². The summed E-state index contributed by atoms with van der Waals surface area (Å²) in [5, 5.41) is 35.4. The highest BCUT2D eigenvalue weighted by molar-refractivity contribution is 7.97. The zero-order valence-electron chi connectivity index (χ0n) is 35.5. The monoisotopic (exact) mass is 909 g/mol. The van der Waals surface area contributed by atoms with Gasteiger partial charge in [-0.25, -0.2) is 20.4 Å². The number of hydrogen-bond acceptors (Lipinski definition) is 17. The van der Waals surface area contributed by atoms with E-state index in [2.05, 4.69) is 64.6 Å². The molecule has 23 heteroatoms. The van der Waals surface area contributed by atoms with Crippen LogP contribution in [0.25, 0.3) is 21.6 Å². The molecule has 2 amide bonds. The highest BCUT2D eigenvalue weighted by atomic mass is 32.2. The number of carbonyl (C=O) groups is 3. The fourth-order valence-corrected chi connectivity index (χ4v) is 8.07. The lowest BCUT2D eigenvalue weighted by Crippen LogP contribution is -2.37. The van der Waals surface area contributed by atoms with Gasteiger partial charge in [-0.1, -0.05) is 29.2 Å². The van der Waals surface area contributed by atoms with Crippen LogP contribution in [-0.2, 0) is 44.2 Å². The number of nitrogens with zero attached hydrogens (tertiary/aromatic N) is 8. The molecule has 3 unspecified atom stereocenters. The van der Waals surface area contributed by atoms with Crippen LogP contribution in [0.15, 0.2) is 59.8 Å². The van der Waals surface area contributed by atoms with Crippen LogP contribution in [-0.4, -0.2) is 155 Å². The Morgan fingerprint density at radius 1 is 1.06 bits per heavy atom. The van der Waals surface area contributed by atoms with Gasteiger partial charge in [-0.05, 0) is 42.0 Å². The number of unbranched alkanes of at least 4 members (excludes halogenated alkanes) is 2. The van der Waals surface area contributed by atoms with E-state index in [9.17, 15) is 24.6 Å². The number of ether oxygens (including phenoxy) is 5. The number of aromatic nitrogens is 4. The normalized spacial score (nSPS) is 17.8. The van der Waals surface area contributed by atoms with Gasteiger partial charge in [-0.3, -0.25) is 24.7 Å². The van der Waals surface area contributed by atoms with Crippen molar-refractivity contribution in [3.63, 3.8) is 0 Å². The average molecular weight is 910 g/mol. The molecule has 7 N–H and O–H groups in total. The summed E-state index contributed by atoms with van der Waals surface area (Å²) in [4.78, 5) is 51.2. The van der Waals surface area contributed by atoms with Crippen LogP contribution in [0.4, 0.5) is 5.82 Å². The first-order valence-corrected chi connectivity index (χ1v) is 22.4. The molecule has 3 heterocycles. The molecule has 3 aromatic rings. The first-order chi connectivity index (χ1) is 31.2. The summed E-state index contributed by atoms with van der Waals surface area (Å²) in [6.07, 6.45) is 3.61. The Morgan fingerprint density at radius 2 is 1.83 bits per heavy atom. The number of amides is 2. The van der Waals surface area contributed by atoms with Crippen LogP contribution in [0.5, 0.6) is 0 Å². The Morgan fingerprint density at radius 3 is 2.58 bits per heavy atom. The Bertz CT molecular complexity index is 2040. The average Bonchev–Trinajstić information content (AvgIpc) is 3.85. The summed E-state index contributed by atoms with van der Waals surface area (Å²) in [6, 6.07) is 6.76. The number of fused-ring (bicyclic) bond motifs is 1. The van der Waals surface area contributed by atoms with E-state index in [1.54, 1.807) is 34.9 Å². The van der Waals surface area contributed by atoms with Gasteiger partial charge >= 0.3 is 0 Å². The highest BCUT2D eigenvalue weighted by Crippen LogP contribution is 2.33. The number of rotatable bonds is 31. The molecule has 6 atom stereocenters. The maximum atomic E-state index is 12.5. The number of nitrogens with one attached hydrogen (secondary N) is 3. The van der Waals surface area contributed by atoms with Crippen molar-refractivity contribution in [3.05, 3.63) is 71.1 Å². The minimum atomic E-state index is -1.26. The van der Waals surface area contributed by atoms with Gasteiger partial charge < -0.3 is 44.5 Å². The smallest absolute Gasteiger partial charge is 0.294 e. The van der Waals surface area contributed by atoms with Crippen LogP contribution in [0.1, 0.15) is 54.3 Å². The molecule has 1 aromatic carbocycles. The van der Waals surface area contributed by atoms with Crippen molar-refractivity contribution in [2.45, 2.75) is 62.9 Å². The van der Waals surface area contributed by atoms with E-state index in [0.29, 0.717) is 130 Å². The van der Waals surface area contributed by atoms with Crippen LogP contribution in [0.2, 0.25) is 0 Å². The van der Waals surface area contributed by atoms with Crippen LogP contribution in [0, 0.1) is 11.8 Å². The minimum absolute atomic E-state index is 0.242. The maximum absolute atomic E-state index is 12.5. The van der Waals surface area contributed by atoms with Crippen molar-refractivity contribution < 1.29 is 48.3 Å². The summed E-state index contributed by atoms with van der Waals surface area (Å²) in [6.45, 7) is 7.30. The highest BCUT2D eigenvalue weighted by Gasteiger charge is 2.47. The van der Waals surface area contributed by atoms with E-state index in [4.69, 9.17) is 34.9 Å². The Labute approximate surface area is 373 Å². The SMILES string of the molecule is C=CCNc1ncnc2c1ncn2[C@@H]1O[C@H](C[S+](CC#CCCCCC(=O)N/N=C\c2ccc(C(=O)NCCOCCOCCOCCN=[N+]=[N-])cc2)CCC(N)OC=O)C(O)[C@@H]1O. The largest absolute Gasteiger partial charge is 0.449 e. The van der Waals surface area contributed by atoms with Gasteiger partial charge in [0, 0.05) is 60.3 Å². The summed E-state index contributed by atoms with van der Waals surface area (Å²) in [5.74, 6) is 7.77. The molecule has 346 valence electrons. The molecule has 0 saturated carbocycles. The van der Waals surface area contributed by atoms with Crippen molar-refractivity contribution in [3.8, 4) is 11.8 Å². The number of aliphatic hydroxyl groups excluding tert-OH is 2. The van der Waals surface area contributed by atoms with E-state index >= 15 is 0 Å². The third-order valence-electron chi connectivity index (χ3n) is 9.31. The summed E-state index contributed by atoms with van der Waals surface area (Å²) >= 11 is 0. The summed E-state index contributed by atoms with van der Waals surface area (Å²) in [5.41, 5.74) is 18.7. The fraction of sp³-hybridized carbons (Fsp3) is 0.537. The third-order valence-corrected chi connectivity index (χ3v) is 11.5. The molecule has 0 bridgehead atoms. The lowest BCUT2D eigenvalue weighted by Gasteiger charge is -2.17. The molecule has 22 nitrogen and oxygen atoms in total. The lowest BCUT2D eigenvalue weighted by molar-refractivity contribution is -0.133. The number of nitrogens with two attached hydrogens (primary N) is 1. The summed E-state index contributed by atoms with van der Waals surface area (Å²) in [7, 11) is -0.447. The summed E-state index contributed by atoms with van der Waals surface area (Å²) < 4.78 is 28.7. The van der Waals surface area contributed by atoms with Gasteiger partial charge in [-0.2, -0.15) is 5.10 Å². The molecular formula is C41H57N12O10S+. The fourth-order valence-electron chi connectivity index (χ4n) is 6.03. The van der Waals surface area contributed by atoms with Gasteiger partial charge in [0.1, 0.15) is 36.1 Å². The topological polar surface area (TPSA) is 305 Å². The van der Waals surface area contributed by atoms with Crippen molar-refractivity contribution >= 4 is 52.4 Å². The molecule has 1 aliphatic rings. The predicted molar refractivity (Wildman–Crippen MR) is 239 cm³/mol. The van der Waals surface area contributed by atoms with Gasteiger partial charge in [0.05, 0.1) is 52.2 Å². The van der Waals surface area contributed by atoms with E-state index in [1.807, 2.05) is 0 Å². The van der Waals surface area contributed by atoms with Crippen LogP contribution in [0.3, 0.4) is 0 Å². The first kappa shape index (κ1) is 51.0. The quantitative estimate of drug-likeness (QED) is 0.00453. The van der Waals surface area contributed by atoms with Crippen molar-refractivity contribution in [1.82, 2.24) is 30.3 Å². The Balaban J connectivity index is 1.12. The second-order valence-corrected chi connectivity index (χ2v) is 16.2. The van der Waals surface area contributed by atoms with Gasteiger partial charge in [-0.15, -0.1) is 6.58 Å². The molecular weight excluding hydrogens is 853 g/mol. The van der Waals surface area contributed by atoms with Gasteiger partial charge in [0.25, 0.3) is 12.4 Å².